The van der Waals surface area contributed by atoms with Gasteiger partial charge >= 0.3 is 0 Å². The maximum atomic E-state index is 12.4. The van der Waals surface area contributed by atoms with Crippen LogP contribution in [0.3, 0.4) is 0 Å². The van der Waals surface area contributed by atoms with Crippen LogP contribution in [-0.2, 0) is 0 Å². The van der Waals surface area contributed by atoms with Gasteiger partial charge in [0, 0.05) is 31.4 Å². The van der Waals surface area contributed by atoms with E-state index >= 15 is 0 Å². The van der Waals surface area contributed by atoms with E-state index in [1.54, 1.807) is 12.1 Å². The molecule has 0 radical (unpaired) electrons. The number of para-hydroxylation sites is 1. The van der Waals surface area contributed by atoms with E-state index < -0.39 is 0 Å². The third kappa shape index (κ3) is 5.30. The van der Waals surface area contributed by atoms with E-state index in [-0.39, 0.29) is 12.0 Å². The molecule has 1 N–H and O–H groups in total. The van der Waals surface area contributed by atoms with Gasteiger partial charge in [0.05, 0.1) is 18.2 Å². The van der Waals surface area contributed by atoms with E-state index in [1.165, 1.54) is 7.11 Å². The number of carbonyl (C=O) groups is 1. The maximum absolute atomic E-state index is 12.4. The zero-order valence-corrected chi connectivity index (χ0v) is 16.3. The summed E-state index contributed by atoms with van der Waals surface area (Å²) in [6, 6.07) is 13.2. The molecule has 5 nitrogen and oxygen atoms in total. The molecule has 1 amide bonds. The first-order chi connectivity index (χ1) is 12.4. The van der Waals surface area contributed by atoms with Crippen LogP contribution in [0.15, 0.2) is 42.5 Å². The van der Waals surface area contributed by atoms with Crippen molar-refractivity contribution in [1.29, 1.82) is 0 Å². The predicted octanol–water partition coefficient (Wildman–Crippen LogP) is 4.00. The second-order valence-electron chi connectivity index (χ2n) is 6.17. The van der Waals surface area contributed by atoms with Crippen LogP contribution in [0, 0.1) is 0 Å². The van der Waals surface area contributed by atoms with Crippen LogP contribution in [-0.4, -0.2) is 39.3 Å². The molecule has 0 bridgehead atoms. The highest BCUT2D eigenvalue weighted by molar-refractivity contribution is 6.32. The van der Waals surface area contributed by atoms with E-state index in [0.29, 0.717) is 35.2 Å². The number of nitrogens with one attached hydrogen (secondary N) is 1. The summed E-state index contributed by atoms with van der Waals surface area (Å²) in [6.07, 6.45) is -0.0467. The first-order valence-electron chi connectivity index (χ1n) is 8.51. The fraction of sp³-hybridized carbons (Fsp3) is 0.350. The van der Waals surface area contributed by atoms with Gasteiger partial charge in [0.15, 0.2) is 11.5 Å². The Morgan fingerprint density at radius 3 is 2.54 bits per heavy atom. The molecule has 26 heavy (non-hydrogen) atoms. The molecule has 0 atom stereocenters. The predicted molar refractivity (Wildman–Crippen MR) is 106 cm³/mol. The van der Waals surface area contributed by atoms with Gasteiger partial charge in [-0.05, 0) is 38.1 Å². The number of likely N-dealkylation sites (N-methyl/N-ethyl adjacent to an activating group) is 1. The van der Waals surface area contributed by atoms with Crippen molar-refractivity contribution in [2.45, 2.75) is 20.0 Å². The Bertz CT molecular complexity index is 735. The second-order valence-corrected chi connectivity index (χ2v) is 6.58. The molecule has 0 saturated carbocycles. The van der Waals surface area contributed by atoms with Gasteiger partial charge in [-0.25, -0.2) is 0 Å². The fourth-order valence-corrected chi connectivity index (χ4v) is 2.71. The van der Waals surface area contributed by atoms with E-state index in [4.69, 9.17) is 21.1 Å². The number of hydrogen-bond acceptors (Lipinski definition) is 4. The zero-order valence-electron chi connectivity index (χ0n) is 15.6. The van der Waals surface area contributed by atoms with Gasteiger partial charge in [0.25, 0.3) is 5.91 Å². The molecule has 2 aromatic carbocycles. The molecule has 0 aliphatic heterocycles. The molecule has 6 heteroatoms. The number of carbonyl (C=O) groups excluding carboxylic acids is 1. The zero-order chi connectivity index (χ0) is 19.1. The third-order valence-corrected chi connectivity index (χ3v) is 4.06. The maximum Gasteiger partial charge on any atom is 0.251 e. The summed E-state index contributed by atoms with van der Waals surface area (Å²) in [5.74, 6) is 0.685. The Hall–Kier alpha value is -2.40. The van der Waals surface area contributed by atoms with Crippen LogP contribution in [0.1, 0.15) is 24.2 Å². The highest BCUT2D eigenvalue weighted by Crippen LogP contribution is 2.37. The standard InChI is InChI=1S/C20H25ClN2O3/c1-14(2)26-19-17(21)12-15(13-18(19)25-4)20(24)22-10-11-23(3)16-8-6-5-7-9-16/h5-9,12-14H,10-11H2,1-4H3,(H,22,24). The normalized spacial score (nSPS) is 10.5. The fourth-order valence-electron chi connectivity index (χ4n) is 2.45. The smallest absolute Gasteiger partial charge is 0.251 e. The number of nitrogens with zero attached hydrogens (tertiary/aromatic N) is 1. The van der Waals surface area contributed by atoms with Gasteiger partial charge in [-0.15, -0.1) is 0 Å². The molecular formula is C20H25ClN2O3. The lowest BCUT2D eigenvalue weighted by Gasteiger charge is -2.19. The van der Waals surface area contributed by atoms with Crippen molar-refractivity contribution in [3.8, 4) is 11.5 Å². The van der Waals surface area contributed by atoms with Crippen LogP contribution >= 0.6 is 11.6 Å². The first kappa shape index (κ1) is 19.9. The molecule has 0 aromatic heterocycles. The number of benzene rings is 2. The van der Waals surface area contributed by atoms with Gasteiger partial charge in [-0.2, -0.15) is 0 Å². The number of amides is 1. The van der Waals surface area contributed by atoms with E-state index in [1.807, 2.05) is 51.2 Å². The number of hydrogen-bond donors (Lipinski definition) is 1. The lowest BCUT2D eigenvalue weighted by atomic mass is 10.2. The minimum Gasteiger partial charge on any atom is -0.493 e. The molecule has 0 unspecified atom stereocenters. The van der Waals surface area contributed by atoms with Crippen LogP contribution in [0.5, 0.6) is 11.5 Å². The van der Waals surface area contributed by atoms with Crippen LogP contribution < -0.4 is 19.7 Å². The second kappa shape index (κ2) is 9.34. The Balaban J connectivity index is 2.00. The number of ether oxygens (including phenoxy) is 2. The molecule has 0 heterocycles. The van der Waals surface area contributed by atoms with Crippen molar-refractivity contribution in [1.82, 2.24) is 5.32 Å². The Morgan fingerprint density at radius 2 is 1.92 bits per heavy atom. The van der Waals surface area contributed by atoms with E-state index in [2.05, 4.69) is 10.2 Å². The highest BCUT2D eigenvalue weighted by Gasteiger charge is 2.16. The monoisotopic (exact) mass is 376 g/mol. The highest BCUT2D eigenvalue weighted by atomic mass is 35.5. The summed E-state index contributed by atoms with van der Waals surface area (Å²) in [5.41, 5.74) is 1.53. The molecule has 2 rings (SSSR count). The molecule has 0 spiro atoms. The van der Waals surface area contributed by atoms with E-state index in [9.17, 15) is 4.79 Å². The van der Waals surface area contributed by atoms with Gasteiger partial charge in [-0.1, -0.05) is 29.8 Å². The molecule has 0 saturated heterocycles. The molecule has 140 valence electrons. The van der Waals surface area contributed by atoms with Crippen LogP contribution in [0.25, 0.3) is 0 Å². The van der Waals surface area contributed by atoms with Gasteiger partial charge in [0.1, 0.15) is 0 Å². The summed E-state index contributed by atoms with van der Waals surface area (Å²) in [7, 11) is 3.51. The molecule has 0 fully saturated rings. The summed E-state index contributed by atoms with van der Waals surface area (Å²) in [5, 5.41) is 3.25. The SMILES string of the molecule is COc1cc(C(=O)NCCN(C)c2ccccc2)cc(Cl)c1OC(C)C. The van der Waals surface area contributed by atoms with E-state index in [0.717, 1.165) is 5.69 Å². The van der Waals surface area contributed by atoms with Gasteiger partial charge in [-0.3, -0.25) is 4.79 Å². The van der Waals surface area contributed by atoms with Crippen LogP contribution in [0.4, 0.5) is 5.69 Å². The summed E-state index contributed by atoms with van der Waals surface area (Å²) >= 11 is 6.27. The lowest BCUT2D eigenvalue weighted by molar-refractivity contribution is 0.0954. The number of methoxy groups -OCH3 is 1. The number of rotatable bonds is 8. The van der Waals surface area contributed by atoms with Crippen molar-refractivity contribution >= 4 is 23.2 Å². The first-order valence-corrected chi connectivity index (χ1v) is 8.88. The molecule has 2 aromatic rings. The van der Waals surface area contributed by atoms with Gasteiger partial charge in [0.2, 0.25) is 0 Å². The van der Waals surface area contributed by atoms with Crippen molar-refractivity contribution in [2.24, 2.45) is 0 Å². The van der Waals surface area contributed by atoms with Crippen molar-refractivity contribution < 1.29 is 14.3 Å². The Labute approximate surface area is 159 Å². The minimum absolute atomic E-state index is 0.0467. The van der Waals surface area contributed by atoms with Crippen molar-refractivity contribution in [3.05, 3.63) is 53.1 Å². The quantitative estimate of drug-likeness (QED) is 0.756. The average Bonchev–Trinajstić information content (AvgIpc) is 2.63. The lowest BCUT2D eigenvalue weighted by Crippen LogP contribution is -2.33. The van der Waals surface area contributed by atoms with Crippen molar-refractivity contribution in [2.75, 3.05) is 32.1 Å². The van der Waals surface area contributed by atoms with Crippen LogP contribution in [0.2, 0.25) is 5.02 Å². The average molecular weight is 377 g/mol. The summed E-state index contributed by atoms with van der Waals surface area (Å²) in [4.78, 5) is 14.5. The van der Waals surface area contributed by atoms with Gasteiger partial charge < -0.3 is 19.7 Å². The minimum atomic E-state index is -0.206. The molecule has 0 aliphatic rings. The Morgan fingerprint density at radius 1 is 1.23 bits per heavy atom. The largest absolute Gasteiger partial charge is 0.493 e. The molecule has 0 aliphatic carbocycles. The number of halogens is 1. The topological polar surface area (TPSA) is 50.8 Å². The summed E-state index contributed by atoms with van der Waals surface area (Å²) < 4.78 is 11.0. The Kier molecular flexibility index (Phi) is 7.16. The third-order valence-electron chi connectivity index (χ3n) is 3.77. The molecular weight excluding hydrogens is 352 g/mol. The summed E-state index contributed by atoms with van der Waals surface area (Å²) in [6.45, 7) is 5.00. The van der Waals surface area contributed by atoms with Crippen molar-refractivity contribution in [3.63, 3.8) is 0 Å². The number of anilines is 1.